The fraction of sp³-hybridized carbons (Fsp3) is 0.476. The summed E-state index contributed by atoms with van der Waals surface area (Å²) < 4.78 is 11.8. The number of hydrogen-bond acceptors (Lipinski definition) is 7. The molecule has 2 fully saturated rings. The van der Waals surface area contributed by atoms with E-state index in [-0.39, 0.29) is 6.10 Å². The van der Waals surface area contributed by atoms with Gasteiger partial charge in [0.1, 0.15) is 18.5 Å². The smallest absolute Gasteiger partial charge is 0.325 e. The maximum Gasteiger partial charge on any atom is 0.325 e. The SMILES string of the molecule is Cc1cnc(NC(=O)Nc2cc(Cl)c(N3CCCC3)cc2OC[C@@H]2CNCCO2)cn1. The van der Waals surface area contributed by atoms with Gasteiger partial charge in [0.05, 0.1) is 41.1 Å². The van der Waals surface area contributed by atoms with Gasteiger partial charge in [0.2, 0.25) is 0 Å². The van der Waals surface area contributed by atoms with Gasteiger partial charge in [-0.2, -0.15) is 0 Å². The van der Waals surface area contributed by atoms with Crippen molar-refractivity contribution >= 4 is 34.8 Å². The van der Waals surface area contributed by atoms with E-state index < -0.39 is 6.03 Å². The number of aryl methyl sites for hydroxylation is 1. The van der Waals surface area contributed by atoms with Crippen molar-refractivity contribution in [2.75, 3.05) is 54.9 Å². The number of halogens is 1. The predicted octanol–water partition coefficient (Wildman–Crippen LogP) is 3.05. The average Bonchev–Trinajstić information content (AvgIpc) is 3.30. The molecule has 0 saturated carbocycles. The van der Waals surface area contributed by atoms with Crippen molar-refractivity contribution in [3.63, 3.8) is 0 Å². The highest BCUT2D eigenvalue weighted by molar-refractivity contribution is 6.33. The molecule has 0 aliphatic carbocycles. The Morgan fingerprint density at radius 2 is 2.13 bits per heavy atom. The Kier molecular flexibility index (Phi) is 7.06. The molecule has 0 spiro atoms. The monoisotopic (exact) mass is 446 g/mol. The molecule has 2 aliphatic rings. The quantitative estimate of drug-likeness (QED) is 0.626. The molecule has 9 nitrogen and oxygen atoms in total. The Morgan fingerprint density at radius 1 is 1.29 bits per heavy atom. The number of aromatic nitrogens is 2. The number of morpholine rings is 1. The fourth-order valence-corrected chi connectivity index (χ4v) is 3.88. The Balaban J connectivity index is 1.51. The molecule has 1 aromatic heterocycles. The Morgan fingerprint density at radius 3 is 2.84 bits per heavy atom. The second kappa shape index (κ2) is 10.1. The van der Waals surface area contributed by atoms with Crippen molar-refractivity contribution < 1.29 is 14.3 Å². The molecule has 2 saturated heterocycles. The van der Waals surface area contributed by atoms with Gasteiger partial charge in [-0.15, -0.1) is 0 Å². The third-order valence-electron chi connectivity index (χ3n) is 5.20. The summed E-state index contributed by atoms with van der Waals surface area (Å²) in [6.07, 6.45) is 5.30. The molecular formula is C21H27ClN6O3. The van der Waals surface area contributed by atoms with Gasteiger partial charge in [-0.3, -0.25) is 10.3 Å². The highest BCUT2D eigenvalue weighted by Gasteiger charge is 2.21. The molecule has 1 atom stereocenters. The minimum atomic E-state index is -0.455. The van der Waals surface area contributed by atoms with Gasteiger partial charge in [-0.25, -0.2) is 9.78 Å². The topological polar surface area (TPSA) is 101 Å². The molecule has 10 heteroatoms. The zero-order valence-electron chi connectivity index (χ0n) is 17.5. The lowest BCUT2D eigenvalue weighted by Crippen LogP contribution is -2.41. The summed E-state index contributed by atoms with van der Waals surface area (Å²) in [5.74, 6) is 0.901. The van der Waals surface area contributed by atoms with Crippen molar-refractivity contribution in [3.8, 4) is 5.75 Å². The minimum absolute atomic E-state index is 0.0517. The van der Waals surface area contributed by atoms with Gasteiger partial charge < -0.3 is 25.0 Å². The van der Waals surface area contributed by atoms with Gasteiger partial charge >= 0.3 is 6.03 Å². The molecule has 2 aliphatic heterocycles. The van der Waals surface area contributed by atoms with Crippen molar-refractivity contribution in [3.05, 3.63) is 35.2 Å². The lowest BCUT2D eigenvalue weighted by atomic mass is 10.2. The van der Waals surface area contributed by atoms with Gasteiger partial charge in [0.15, 0.2) is 5.82 Å². The van der Waals surface area contributed by atoms with Gasteiger partial charge in [0, 0.05) is 32.2 Å². The van der Waals surface area contributed by atoms with E-state index in [0.717, 1.165) is 50.4 Å². The normalized spacial score (nSPS) is 18.6. The van der Waals surface area contributed by atoms with Crippen LogP contribution >= 0.6 is 11.6 Å². The molecule has 2 amide bonds. The lowest BCUT2D eigenvalue weighted by Gasteiger charge is -2.25. The number of hydrogen-bond donors (Lipinski definition) is 3. The first-order valence-electron chi connectivity index (χ1n) is 10.5. The van der Waals surface area contributed by atoms with Crippen LogP contribution in [0.1, 0.15) is 18.5 Å². The number of rotatable bonds is 6. The largest absolute Gasteiger partial charge is 0.489 e. The van der Waals surface area contributed by atoms with Crippen LogP contribution in [0.2, 0.25) is 5.02 Å². The van der Waals surface area contributed by atoms with Gasteiger partial charge in [0.25, 0.3) is 0 Å². The maximum atomic E-state index is 12.5. The fourth-order valence-electron chi connectivity index (χ4n) is 3.60. The first-order valence-corrected chi connectivity index (χ1v) is 10.9. The Bertz CT molecular complexity index is 899. The number of benzene rings is 1. The first-order chi connectivity index (χ1) is 15.1. The summed E-state index contributed by atoms with van der Waals surface area (Å²) in [4.78, 5) is 23.1. The van der Waals surface area contributed by atoms with Crippen LogP contribution in [0.5, 0.6) is 5.75 Å². The minimum Gasteiger partial charge on any atom is -0.489 e. The summed E-state index contributed by atoms with van der Waals surface area (Å²) in [6.45, 7) is 6.32. The van der Waals surface area contributed by atoms with E-state index in [1.54, 1.807) is 12.3 Å². The Hall–Kier alpha value is -2.62. The van der Waals surface area contributed by atoms with Crippen LogP contribution in [-0.4, -0.2) is 61.5 Å². The zero-order chi connectivity index (χ0) is 21.6. The van der Waals surface area contributed by atoms with Crippen LogP contribution in [0.4, 0.5) is 22.0 Å². The first kappa shape index (κ1) is 21.6. The van der Waals surface area contributed by atoms with E-state index in [9.17, 15) is 4.79 Å². The molecule has 1 aromatic carbocycles. The van der Waals surface area contributed by atoms with E-state index in [4.69, 9.17) is 21.1 Å². The summed E-state index contributed by atoms with van der Waals surface area (Å²) >= 11 is 6.57. The molecular weight excluding hydrogens is 420 g/mol. The number of urea groups is 1. The van der Waals surface area contributed by atoms with Crippen molar-refractivity contribution in [2.24, 2.45) is 0 Å². The van der Waals surface area contributed by atoms with Gasteiger partial charge in [-0.05, 0) is 25.8 Å². The van der Waals surface area contributed by atoms with Crippen LogP contribution in [0.3, 0.4) is 0 Å². The third kappa shape index (κ3) is 5.75. The van der Waals surface area contributed by atoms with Gasteiger partial charge in [-0.1, -0.05) is 11.6 Å². The molecule has 31 heavy (non-hydrogen) atoms. The van der Waals surface area contributed by atoms with E-state index in [1.165, 1.54) is 6.20 Å². The standard InChI is InChI=1S/C21H27ClN6O3/c1-14-10-25-20(12-24-14)27-21(29)26-17-8-16(22)18(28-5-2-3-6-28)9-19(17)31-13-15-11-23-4-7-30-15/h8-10,12,15,23H,2-7,11,13H2,1H3,(H2,25,26,27,29)/t15-/m0/s1. The van der Waals surface area contributed by atoms with Crippen LogP contribution in [0.25, 0.3) is 0 Å². The number of carbonyl (C=O) groups excluding carboxylic acids is 1. The molecule has 3 heterocycles. The van der Waals surface area contributed by atoms with Crippen molar-refractivity contribution in [1.82, 2.24) is 15.3 Å². The molecule has 3 N–H and O–H groups in total. The molecule has 0 bridgehead atoms. The van der Waals surface area contributed by atoms with Crippen LogP contribution < -0.4 is 25.6 Å². The van der Waals surface area contributed by atoms with Crippen LogP contribution in [-0.2, 0) is 4.74 Å². The molecule has 0 unspecified atom stereocenters. The maximum absolute atomic E-state index is 12.5. The number of ether oxygens (including phenoxy) is 2. The van der Waals surface area contributed by atoms with Crippen LogP contribution in [0.15, 0.2) is 24.5 Å². The summed E-state index contributed by atoms with van der Waals surface area (Å²) in [5, 5.41) is 9.34. The molecule has 0 radical (unpaired) electrons. The second-order valence-corrected chi connectivity index (χ2v) is 8.03. The Labute approximate surface area is 186 Å². The summed E-state index contributed by atoms with van der Waals surface area (Å²) in [5.41, 5.74) is 2.16. The molecule has 166 valence electrons. The van der Waals surface area contributed by atoms with Crippen molar-refractivity contribution in [2.45, 2.75) is 25.9 Å². The van der Waals surface area contributed by atoms with E-state index in [1.807, 2.05) is 13.0 Å². The highest BCUT2D eigenvalue weighted by Crippen LogP contribution is 2.38. The second-order valence-electron chi connectivity index (χ2n) is 7.62. The third-order valence-corrected chi connectivity index (χ3v) is 5.50. The number of amides is 2. The van der Waals surface area contributed by atoms with E-state index in [0.29, 0.717) is 35.5 Å². The van der Waals surface area contributed by atoms with Crippen molar-refractivity contribution in [1.29, 1.82) is 0 Å². The number of nitrogens with one attached hydrogen (secondary N) is 3. The number of carbonyl (C=O) groups is 1. The van der Waals surface area contributed by atoms with E-state index in [2.05, 4.69) is 30.8 Å². The van der Waals surface area contributed by atoms with E-state index >= 15 is 0 Å². The zero-order valence-corrected chi connectivity index (χ0v) is 18.2. The predicted molar refractivity (Wildman–Crippen MR) is 120 cm³/mol. The summed E-state index contributed by atoms with van der Waals surface area (Å²) in [7, 11) is 0. The molecule has 2 aromatic rings. The van der Waals surface area contributed by atoms with Crippen LogP contribution in [0, 0.1) is 6.92 Å². The lowest BCUT2D eigenvalue weighted by molar-refractivity contribution is 0.000359. The average molecular weight is 447 g/mol. The summed E-state index contributed by atoms with van der Waals surface area (Å²) in [6, 6.07) is 3.17. The highest BCUT2D eigenvalue weighted by atomic mass is 35.5. The number of nitrogens with zero attached hydrogens (tertiary/aromatic N) is 3. The number of anilines is 3. The molecule has 4 rings (SSSR count).